The minimum Gasteiger partial charge on any atom is -0.462 e. The van der Waals surface area contributed by atoms with Crippen molar-refractivity contribution in [1.29, 1.82) is 0 Å². The number of rotatable bonds is 54. The molecule has 0 N–H and O–H groups in total. The van der Waals surface area contributed by atoms with E-state index in [1.54, 1.807) is 0 Å². The molecule has 0 spiro atoms. The van der Waals surface area contributed by atoms with Crippen LogP contribution >= 0.6 is 0 Å². The van der Waals surface area contributed by atoms with Crippen LogP contribution in [-0.4, -0.2) is 37.2 Å². The van der Waals surface area contributed by atoms with Crippen molar-refractivity contribution in [3.8, 4) is 0 Å². The van der Waals surface area contributed by atoms with Crippen molar-refractivity contribution < 1.29 is 28.6 Å². The Balaban J connectivity index is 4.27. The fourth-order valence-corrected chi connectivity index (χ4v) is 9.23. The summed E-state index contributed by atoms with van der Waals surface area (Å²) in [6.07, 6.45) is 56.7. The summed E-state index contributed by atoms with van der Waals surface area (Å²) in [5.74, 6) is 0.819. The molecule has 0 aliphatic heterocycles. The molecule has 0 aliphatic rings. The van der Waals surface area contributed by atoms with Crippen LogP contribution in [0, 0.1) is 11.8 Å². The molecule has 6 nitrogen and oxygen atoms in total. The van der Waals surface area contributed by atoms with Crippen LogP contribution in [0.2, 0.25) is 0 Å². The first-order valence-corrected chi connectivity index (χ1v) is 29.7. The van der Waals surface area contributed by atoms with E-state index in [0.717, 1.165) is 69.6 Å². The van der Waals surface area contributed by atoms with Gasteiger partial charge in [-0.1, -0.05) is 298 Å². The Morgan fingerprint density at radius 2 is 0.500 bits per heavy atom. The van der Waals surface area contributed by atoms with E-state index in [9.17, 15) is 14.4 Å². The van der Waals surface area contributed by atoms with Crippen LogP contribution < -0.4 is 0 Å². The molecule has 1 atom stereocenters. The van der Waals surface area contributed by atoms with Gasteiger partial charge in [0.2, 0.25) is 0 Å². The third-order valence-electron chi connectivity index (χ3n) is 13.7. The summed E-state index contributed by atoms with van der Waals surface area (Å²) in [5, 5.41) is 0. The zero-order valence-corrected chi connectivity index (χ0v) is 45.3. The van der Waals surface area contributed by atoms with Crippen molar-refractivity contribution in [3.05, 3.63) is 0 Å². The Labute approximate surface area is 412 Å². The lowest BCUT2D eigenvalue weighted by Crippen LogP contribution is -2.30. The molecule has 0 unspecified atom stereocenters. The van der Waals surface area contributed by atoms with E-state index in [-0.39, 0.29) is 31.1 Å². The standard InChI is InChI=1S/C60H116O6/c1-6-7-8-9-10-11-12-13-14-15-16-19-23-26-31-37-42-47-52-60(63)66-57(54-65-59(62)51-46-41-36-32-27-29-34-39-44-49-56(4)5)53-64-58(61)50-45-40-35-30-25-22-20-17-18-21-24-28-33-38-43-48-55(2)3/h55-57H,6-54H2,1-5H3/t57-/m0/s1. The van der Waals surface area contributed by atoms with E-state index in [2.05, 4.69) is 34.6 Å². The van der Waals surface area contributed by atoms with Gasteiger partial charge in [0, 0.05) is 19.3 Å². The molecule has 0 amide bonds. The first-order valence-electron chi connectivity index (χ1n) is 29.7. The molecular formula is C60H116O6. The minimum atomic E-state index is -0.763. The molecule has 0 aromatic rings. The van der Waals surface area contributed by atoms with Gasteiger partial charge in [-0.15, -0.1) is 0 Å². The second-order valence-electron chi connectivity index (χ2n) is 21.6. The van der Waals surface area contributed by atoms with Crippen LogP contribution in [0.15, 0.2) is 0 Å². The number of ether oxygens (including phenoxy) is 3. The molecule has 392 valence electrons. The molecule has 0 saturated carbocycles. The van der Waals surface area contributed by atoms with Crippen LogP contribution in [0.25, 0.3) is 0 Å². The SMILES string of the molecule is CCCCCCCCCCCCCCCCCCCCC(=O)O[C@@H](COC(=O)CCCCCCCCCCCCCCCCCC(C)C)COC(=O)CCCCCCCCCCCC(C)C. The molecule has 6 heteroatoms. The summed E-state index contributed by atoms with van der Waals surface area (Å²) in [7, 11) is 0. The molecule has 0 heterocycles. The van der Waals surface area contributed by atoms with Gasteiger partial charge in [-0.3, -0.25) is 14.4 Å². The summed E-state index contributed by atoms with van der Waals surface area (Å²) in [5.41, 5.74) is 0. The lowest BCUT2D eigenvalue weighted by Gasteiger charge is -2.18. The Morgan fingerprint density at radius 3 is 0.742 bits per heavy atom. The predicted molar refractivity (Wildman–Crippen MR) is 284 cm³/mol. The zero-order chi connectivity index (χ0) is 48.2. The maximum absolute atomic E-state index is 12.9. The van der Waals surface area contributed by atoms with Crippen molar-refractivity contribution in [2.24, 2.45) is 11.8 Å². The van der Waals surface area contributed by atoms with Gasteiger partial charge in [-0.25, -0.2) is 0 Å². The molecule has 0 aliphatic carbocycles. The van der Waals surface area contributed by atoms with Crippen LogP contribution in [0.3, 0.4) is 0 Å². The van der Waals surface area contributed by atoms with Gasteiger partial charge >= 0.3 is 17.9 Å². The topological polar surface area (TPSA) is 78.9 Å². The Kier molecular flexibility index (Phi) is 51.5. The lowest BCUT2D eigenvalue weighted by molar-refractivity contribution is -0.167. The Hall–Kier alpha value is -1.59. The highest BCUT2D eigenvalue weighted by Crippen LogP contribution is 2.18. The van der Waals surface area contributed by atoms with Crippen molar-refractivity contribution in [2.75, 3.05) is 13.2 Å². The summed E-state index contributed by atoms with van der Waals surface area (Å²) in [4.78, 5) is 38.2. The highest BCUT2D eigenvalue weighted by molar-refractivity contribution is 5.71. The van der Waals surface area contributed by atoms with Crippen LogP contribution in [0.4, 0.5) is 0 Å². The molecule has 0 rings (SSSR count). The molecule has 66 heavy (non-hydrogen) atoms. The number of carbonyl (C=O) groups excluding carboxylic acids is 3. The van der Waals surface area contributed by atoms with Gasteiger partial charge in [0.25, 0.3) is 0 Å². The van der Waals surface area contributed by atoms with Crippen molar-refractivity contribution in [2.45, 2.75) is 343 Å². The summed E-state index contributed by atoms with van der Waals surface area (Å²) in [6, 6.07) is 0. The van der Waals surface area contributed by atoms with Gasteiger partial charge in [-0.05, 0) is 31.1 Å². The second-order valence-corrected chi connectivity index (χ2v) is 21.6. The number of hydrogen-bond donors (Lipinski definition) is 0. The highest BCUT2D eigenvalue weighted by Gasteiger charge is 2.19. The van der Waals surface area contributed by atoms with E-state index >= 15 is 0 Å². The largest absolute Gasteiger partial charge is 0.462 e. The molecule has 0 radical (unpaired) electrons. The van der Waals surface area contributed by atoms with E-state index in [1.165, 1.54) is 225 Å². The molecule has 0 aromatic carbocycles. The molecule has 0 saturated heterocycles. The quantitative estimate of drug-likeness (QED) is 0.0343. The second kappa shape index (κ2) is 52.8. The maximum atomic E-state index is 12.9. The number of carbonyl (C=O) groups is 3. The average molecular weight is 934 g/mol. The maximum Gasteiger partial charge on any atom is 0.306 e. The number of esters is 3. The smallest absolute Gasteiger partial charge is 0.306 e. The minimum absolute atomic E-state index is 0.0628. The first-order chi connectivity index (χ1) is 32.2. The lowest BCUT2D eigenvalue weighted by atomic mass is 10.0. The van der Waals surface area contributed by atoms with Crippen molar-refractivity contribution in [1.82, 2.24) is 0 Å². The third kappa shape index (κ3) is 53.4. The monoisotopic (exact) mass is 933 g/mol. The van der Waals surface area contributed by atoms with Gasteiger partial charge in [-0.2, -0.15) is 0 Å². The molecular weight excluding hydrogens is 817 g/mol. The summed E-state index contributed by atoms with van der Waals surface area (Å²) in [6.45, 7) is 11.4. The van der Waals surface area contributed by atoms with E-state index in [0.29, 0.717) is 19.3 Å². The Bertz CT molecular complexity index is 1010. The fourth-order valence-electron chi connectivity index (χ4n) is 9.23. The highest BCUT2D eigenvalue weighted by atomic mass is 16.6. The number of hydrogen-bond acceptors (Lipinski definition) is 6. The van der Waals surface area contributed by atoms with E-state index < -0.39 is 6.10 Å². The van der Waals surface area contributed by atoms with Gasteiger partial charge in [0.1, 0.15) is 13.2 Å². The summed E-state index contributed by atoms with van der Waals surface area (Å²) < 4.78 is 16.9. The molecule has 0 fully saturated rings. The van der Waals surface area contributed by atoms with Crippen LogP contribution in [0.1, 0.15) is 336 Å². The normalized spacial score (nSPS) is 12.0. The van der Waals surface area contributed by atoms with Crippen LogP contribution in [-0.2, 0) is 28.6 Å². The summed E-state index contributed by atoms with van der Waals surface area (Å²) >= 11 is 0. The van der Waals surface area contributed by atoms with Crippen molar-refractivity contribution >= 4 is 17.9 Å². The zero-order valence-electron chi connectivity index (χ0n) is 45.3. The number of unbranched alkanes of at least 4 members (excludes halogenated alkanes) is 39. The molecule has 0 bridgehead atoms. The first kappa shape index (κ1) is 64.4. The van der Waals surface area contributed by atoms with Gasteiger partial charge < -0.3 is 14.2 Å². The van der Waals surface area contributed by atoms with E-state index in [1.807, 2.05) is 0 Å². The van der Waals surface area contributed by atoms with Gasteiger partial charge in [0.05, 0.1) is 0 Å². The molecule has 0 aromatic heterocycles. The van der Waals surface area contributed by atoms with Crippen molar-refractivity contribution in [3.63, 3.8) is 0 Å². The van der Waals surface area contributed by atoms with Crippen LogP contribution in [0.5, 0.6) is 0 Å². The predicted octanol–water partition coefficient (Wildman–Crippen LogP) is 19.7. The average Bonchev–Trinajstić information content (AvgIpc) is 3.29. The third-order valence-corrected chi connectivity index (χ3v) is 13.7. The van der Waals surface area contributed by atoms with E-state index in [4.69, 9.17) is 14.2 Å². The fraction of sp³-hybridized carbons (Fsp3) is 0.950. The Morgan fingerprint density at radius 1 is 0.288 bits per heavy atom. The van der Waals surface area contributed by atoms with Gasteiger partial charge in [0.15, 0.2) is 6.10 Å².